The third-order valence-corrected chi connectivity index (χ3v) is 6.74. The largest absolute Gasteiger partial charge is 0.325 e. The van der Waals surface area contributed by atoms with E-state index in [2.05, 4.69) is 52.5 Å². The maximum Gasteiger partial charge on any atom is 0.230 e. The summed E-state index contributed by atoms with van der Waals surface area (Å²) in [4.78, 5) is 19.1. The lowest BCUT2D eigenvalue weighted by molar-refractivity contribution is -0.120. The van der Waals surface area contributed by atoms with Crippen LogP contribution in [0.5, 0.6) is 0 Å². The van der Waals surface area contributed by atoms with Gasteiger partial charge in [0.05, 0.1) is 11.6 Å². The molecule has 0 radical (unpaired) electrons. The monoisotopic (exact) mass is 367 g/mol. The molecule has 2 aliphatic rings. The average molecular weight is 368 g/mol. The van der Waals surface area contributed by atoms with Gasteiger partial charge in [-0.1, -0.05) is 42.5 Å². The highest BCUT2D eigenvalue weighted by Crippen LogP contribution is 2.46. The number of likely N-dealkylation sites (N-methyl/N-ethyl adjacent to an activating group) is 1. The van der Waals surface area contributed by atoms with Crippen LogP contribution in [0, 0.1) is 5.92 Å². The number of nitrogens with zero attached hydrogens (tertiary/aromatic N) is 2. The van der Waals surface area contributed by atoms with Crippen LogP contribution >= 0.6 is 11.8 Å². The highest BCUT2D eigenvalue weighted by atomic mass is 32.2. The van der Waals surface area contributed by atoms with Gasteiger partial charge in [0.1, 0.15) is 0 Å². The summed E-state index contributed by atoms with van der Waals surface area (Å²) in [6, 6.07) is 18.6. The molecule has 2 aliphatic heterocycles. The van der Waals surface area contributed by atoms with Crippen LogP contribution in [0.1, 0.15) is 10.8 Å². The van der Waals surface area contributed by atoms with Gasteiger partial charge in [-0.2, -0.15) is 0 Å². The van der Waals surface area contributed by atoms with E-state index in [1.807, 2.05) is 36.0 Å². The predicted molar refractivity (Wildman–Crippen MR) is 108 cm³/mol. The molecular formula is C21H25N3OS. The number of para-hydroxylation sites is 1. The Hall–Kier alpha value is -1.82. The molecule has 0 spiro atoms. The van der Waals surface area contributed by atoms with Gasteiger partial charge in [-0.3, -0.25) is 9.69 Å². The third kappa shape index (κ3) is 3.80. The summed E-state index contributed by atoms with van der Waals surface area (Å²) in [6.45, 7) is 4.99. The van der Waals surface area contributed by atoms with Gasteiger partial charge in [0.25, 0.3) is 0 Å². The molecule has 2 aromatic rings. The van der Waals surface area contributed by atoms with Crippen LogP contribution in [0.2, 0.25) is 0 Å². The molecule has 1 fully saturated rings. The Bertz CT molecular complexity index is 759. The van der Waals surface area contributed by atoms with Gasteiger partial charge in [0.2, 0.25) is 5.91 Å². The molecule has 26 heavy (non-hydrogen) atoms. The van der Waals surface area contributed by atoms with E-state index in [1.54, 1.807) is 0 Å². The number of anilines is 1. The Morgan fingerprint density at radius 2 is 1.69 bits per heavy atom. The number of fused-ring (bicyclic) bond motifs is 1. The van der Waals surface area contributed by atoms with Gasteiger partial charge in [0, 0.05) is 42.9 Å². The zero-order valence-corrected chi connectivity index (χ0v) is 15.9. The minimum atomic E-state index is -0.0711. The van der Waals surface area contributed by atoms with E-state index in [-0.39, 0.29) is 17.1 Å². The zero-order valence-electron chi connectivity index (χ0n) is 15.1. The van der Waals surface area contributed by atoms with Gasteiger partial charge in [0.15, 0.2) is 0 Å². The number of rotatable bonds is 3. The van der Waals surface area contributed by atoms with Crippen LogP contribution in [-0.4, -0.2) is 55.5 Å². The molecule has 136 valence electrons. The number of carbonyl (C=O) groups excluding carboxylic acids is 1. The van der Waals surface area contributed by atoms with Crippen molar-refractivity contribution in [2.24, 2.45) is 5.92 Å². The standard InChI is InChI=1S/C21H25N3OS/c1-23-11-13-24(14-12-23)15-17-20(16-7-3-2-4-8-16)26-19-10-6-5-9-18(19)22-21(17)25/h2-10,17,20H,11-15H2,1H3,(H,22,25)/t17-,20+/m1/s1. The van der Waals surface area contributed by atoms with E-state index in [9.17, 15) is 4.79 Å². The Morgan fingerprint density at radius 3 is 2.46 bits per heavy atom. The van der Waals surface area contributed by atoms with E-state index in [0.717, 1.165) is 43.3 Å². The molecule has 2 aromatic carbocycles. The highest BCUT2D eigenvalue weighted by Gasteiger charge is 2.35. The van der Waals surface area contributed by atoms with Gasteiger partial charge < -0.3 is 10.2 Å². The summed E-state index contributed by atoms with van der Waals surface area (Å²) < 4.78 is 0. The van der Waals surface area contributed by atoms with E-state index in [1.165, 1.54) is 5.56 Å². The molecule has 0 saturated carbocycles. The Labute approximate surface area is 159 Å². The number of hydrogen-bond acceptors (Lipinski definition) is 4. The fourth-order valence-electron chi connectivity index (χ4n) is 3.68. The summed E-state index contributed by atoms with van der Waals surface area (Å²) in [5.41, 5.74) is 2.16. The third-order valence-electron chi connectivity index (χ3n) is 5.28. The molecule has 4 rings (SSSR count). The van der Waals surface area contributed by atoms with Crippen molar-refractivity contribution in [1.29, 1.82) is 0 Å². The molecule has 0 unspecified atom stereocenters. The average Bonchev–Trinajstić information content (AvgIpc) is 2.81. The summed E-state index contributed by atoms with van der Waals surface area (Å²) in [5.74, 6) is 0.0634. The normalized spacial score (nSPS) is 24.6. The molecule has 1 saturated heterocycles. The van der Waals surface area contributed by atoms with Crippen LogP contribution in [0.3, 0.4) is 0 Å². The fraction of sp³-hybridized carbons (Fsp3) is 0.381. The number of hydrogen-bond donors (Lipinski definition) is 1. The SMILES string of the molecule is CN1CCN(C[C@H]2C(=O)Nc3ccccc3S[C@H]2c2ccccc2)CC1. The van der Waals surface area contributed by atoms with Crippen molar-refractivity contribution >= 4 is 23.4 Å². The second kappa shape index (κ2) is 7.82. The minimum Gasteiger partial charge on any atom is -0.325 e. The first-order valence-corrected chi connectivity index (χ1v) is 10.1. The summed E-state index contributed by atoms with van der Waals surface area (Å²) in [5, 5.41) is 3.30. The van der Waals surface area contributed by atoms with Gasteiger partial charge in [-0.15, -0.1) is 11.8 Å². The lowest BCUT2D eigenvalue weighted by Crippen LogP contribution is -2.48. The first-order valence-electron chi connectivity index (χ1n) is 9.23. The van der Waals surface area contributed by atoms with Crippen molar-refractivity contribution in [3.05, 3.63) is 60.2 Å². The molecule has 1 N–H and O–H groups in total. The number of nitrogens with one attached hydrogen (secondary N) is 1. The van der Waals surface area contributed by atoms with Crippen molar-refractivity contribution in [1.82, 2.24) is 9.80 Å². The molecule has 1 amide bonds. The molecule has 2 atom stereocenters. The van der Waals surface area contributed by atoms with Crippen molar-refractivity contribution in [2.45, 2.75) is 10.1 Å². The Balaban J connectivity index is 1.64. The van der Waals surface area contributed by atoms with Crippen LogP contribution in [0.15, 0.2) is 59.5 Å². The molecule has 5 heteroatoms. The van der Waals surface area contributed by atoms with E-state index >= 15 is 0 Å². The lowest BCUT2D eigenvalue weighted by Gasteiger charge is -2.35. The van der Waals surface area contributed by atoms with E-state index < -0.39 is 0 Å². The Morgan fingerprint density at radius 1 is 1.00 bits per heavy atom. The molecular weight excluding hydrogens is 342 g/mol. The number of thioether (sulfide) groups is 1. The maximum atomic E-state index is 13.1. The minimum absolute atomic E-state index is 0.0711. The van der Waals surface area contributed by atoms with E-state index in [4.69, 9.17) is 0 Å². The van der Waals surface area contributed by atoms with Crippen molar-refractivity contribution < 1.29 is 4.79 Å². The van der Waals surface area contributed by atoms with Crippen LogP contribution in [0.25, 0.3) is 0 Å². The van der Waals surface area contributed by atoms with E-state index in [0.29, 0.717) is 0 Å². The zero-order chi connectivity index (χ0) is 17.9. The maximum absolute atomic E-state index is 13.1. The first-order chi connectivity index (χ1) is 12.7. The lowest BCUT2D eigenvalue weighted by atomic mass is 9.96. The number of piperazine rings is 1. The Kier molecular flexibility index (Phi) is 5.29. The molecule has 2 heterocycles. The quantitative estimate of drug-likeness (QED) is 0.903. The second-order valence-corrected chi connectivity index (χ2v) is 8.33. The van der Waals surface area contributed by atoms with Gasteiger partial charge in [-0.25, -0.2) is 0 Å². The van der Waals surface area contributed by atoms with Crippen LogP contribution in [-0.2, 0) is 4.79 Å². The molecule has 0 bridgehead atoms. The first kappa shape index (κ1) is 17.6. The fourth-order valence-corrected chi connectivity index (χ4v) is 5.03. The topological polar surface area (TPSA) is 35.6 Å². The van der Waals surface area contributed by atoms with Crippen LogP contribution in [0.4, 0.5) is 5.69 Å². The highest BCUT2D eigenvalue weighted by molar-refractivity contribution is 7.99. The molecule has 0 aliphatic carbocycles. The predicted octanol–water partition coefficient (Wildman–Crippen LogP) is 3.34. The molecule has 0 aromatic heterocycles. The summed E-state index contributed by atoms with van der Waals surface area (Å²) >= 11 is 1.81. The van der Waals surface area contributed by atoms with Gasteiger partial charge >= 0.3 is 0 Å². The second-order valence-electron chi connectivity index (χ2n) is 7.14. The summed E-state index contributed by atoms with van der Waals surface area (Å²) in [6.07, 6.45) is 0. The number of benzene rings is 2. The smallest absolute Gasteiger partial charge is 0.230 e. The molecule has 4 nitrogen and oxygen atoms in total. The van der Waals surface area contributed by atoms with Crippen molar-refractivity contribution in [3.8, 4) is 0 Å². The van der Waals surface area contributed by atoms with Crippen molar-refractivity contribution in [2.75, 3.05) is 45.1 Å². The van der Waals surface area contributed by atoms with Gasteiger partial charge in [-0.05, 0) is 24.7 Å². The van der Waals surface area contributed by atoms with Crippen LogP contribution < -0.4 is 5.32 Å². The number of amides is 1. The van der Waals surface area contributed by atoms with Crippen molar-refractivity contribution in [3.63, 3.8) is 0 Å². The number of carbonyl (C=O) groups is 1. The summed E-state index contributed by atoms with van der Waals surface area (Å²) in [7, 11) is 2.16.